The van der Waals surface area contributed by atoms with Crippen molar-refractivity contribution in [1.82, 2.24) is 9.80 Å². The van der Waals surface area contributed by atoms with Crippen LogP contribution in [-0.2, 0) is 0 Å². The van der Waals surface area contributed by atoms with E-state index in [4.69, 9.17) is 0 Å². The highest BCUT2D eigenvalue weighted by Gasteiger charge is 2.23. The highest BCUT2D eigenvalue weighted by Crippen LogP contribution is 2.26. The van der Waals surface area contributed by atoms with E-state index in [9.17, 15) is 0 Å². The first kappa shape index (κ1) is 16.8. The molecule has 0 saturated carbocycles. The number of piperazine rings is 1. The monoisotopic (exact) mass is 315 g/mol. The fraction of sp³-hybridized carbons (Fsp3) is 0.700. The van der Waals surface area contributed by atoms with Gasteiger partial charge in [0.25, 0.3) is 0 Å². The molecule has 0 amide bonds. The molecule has 0 aromatic heterocycles. The van der Waals surface area contributed by atoms with Gasteiger partial charge >= 0.3 is 0 Å². The minimum atomic E-state index is 0.615. The Labute approximate surface area is 142 Å². The summed E-state index contributed by atoms with van der Waals surface area (Å²) in [6.45, 7) is 13.3. The Hall–Kier alpha value is -1.06. The normalized spacial score (nSPS) is 22.0. The molecule has 0 N–H and O–H groups in total. The average molecular weight is 316 g/mol. The summed E-state index contributed by atoms with van der Waals surface area (Å²) in [5.41, 5.74) is 2.89. The highest BCUT2D eigenvalue weighted by molar-refractivity contribution is 5.49. The highest BCUT2D eigenvalue weighted by atomic mass is 15.2. The molecule has 2 aliphatic rings. The van der Waals surface area contributed by atoms with E-state index in [0.717, 1.165) is 5.92 Å². The molecule has 1 aromatic carbocycles. The van der Waals surface area contributed by atoms with Crippen LogP contribution in [0.25, 0.3) is 0 Å². The summed E-state index contributed by atoms with van der Waals surface area (Å²) >= 11 is 0. The minimum absolute atomic E-state index is 0.615. The summed E-state index contributed by atoms with van der Waals surface area (Å²) < 4.78 is 0. The zero-order chi connectivity index (χ0) is 16.2. The van der Waals surface area contributed by atoms with Gasteiger partial charge in [-0.05, 0) is 49.4 Å². The molecule has 2 saturated heterocycles. The SMILES string of the molecule is CC(C)c1cccc(N2CCC(CN3CCN(C)CC3)CC2)c1. The molecule has 0 spiro atoms. The second-order valence-electron chi connectivity index (χ2n) is 7.78. The quantitative estimate of drug-likeness (QED) is 0.844. The number of anilines is 1. The van der Waals surface area contributed by atoms with Crippen molar-refractivity contribution < 1.29 is 0 Å². The first-order valence-electron chi connectivity index (χ1n) is 9.37. The van der Waals surface area contributed by atoms with Crippen LogP contribution in [0.15, 0.2) is 24.3 Å². The first-order chi connectivity index (χ1) is 11.1. The number of nitrogens with zero attached hydrogens (tertiary/aromatic N) is 3. The summed E-state index contributed by atoms with van der Waals surface area (Å²) in [5.74, 6) is 1.51. The summed E-state index contributed by atoms with van der Waals surface area (Å²) in [6, 6.07) is 9.16. The summed E-state index contributed by atoms with van der Waals surface area (Å²) in [6.07, 6.45) is 2.69. The van der Waals surface area contributed by atoms with Crippen molar-refractivity contribution >= 4 is 5.69 Å². The molecule has 2 heterocycles. The van der Waals surface area contributed by atoms with E-state index in [1.165, 1.54) is 69.9 Å². The number of piperidine rings is 1. The van der Waals surface area contributed by atoms with E-state index in [0.29, 0.717) is 5.92 Å². The molecular formula is C20H33N3. The van der Waals surface area contributed by atoms with Gasteiger partial charge in [0.1, 0.15) is 0 Å². The third-order valence-corrected chi connectivity index (χ3v) is 5.63. The molecule has 128 valence electrons. The maximum absolute atomic E-state index is 2.68. The molecule has 3 rings (SSSR count). The predicted octanol–water partition coefficient (Wildman–Crippen LogP) is 3.27. The molecule has 3 heteroatoms. The van der Waals surface area contributed by atoms with Crippen molar-refractivity contribution in [2.75, 3.05) is 57.8 Å². The van der Waals surface area contributed by atoms with Crippen molar-refractivity contribution in [3.05, 3.63) is 29.8 Å². The van der Waals surface area contributed by atoms with Crippen molar-refractivity contribution in [1.29, 1.82) is 0 Å². The van der Waals surface area contributed by atoms with Crippen molar-refractivity contribution in [3.63, 3.8) is 0 Å². The second-order valence-corrected chi connectivity index (χ2v) is 7.78. The minimum Gasteiger partial charge on any atom is -0.372 e. The fourth-order valence-corrected chi connectivity index (χ4v) is 3.85. The number of likely N-dealkylation sites (N-methyl/N-ethyl adjacent to an activating group) is 1. The Morgan fingerprint density at radius 3 is 2.35 bits per heavy atom. The van der Waals surface area contributed by atoms with Crippen LogP contribution in [0, 0.1) is 5.92 Å². The van der Waals surface area contributed by atoms with E-state index in [1.807, 2.05) is 0 Å². The van der Waals surface area contributed by atoms with E-state index in [2.05, 4.69) is 59.9 Å². The van der Waals surface area contributed by atoms with Crippen LogP contribution in [0.4, 0.5) is 5.69 Å². The average Bonchev–Trinajstić information content (AvgIpc) is 2.58. The smallest absolute Gasteiger partial charge is 0.0369 e. The Balaban J connectivity index is 1.49. The van der Waals surface area contributed by atoms with Gasteiger partial charge in [0.05, 0.1) is 0 Å². The lowest BCUT2D eigenvalue weighted by Crippen LogP contribution is -2.47. The van der Waals surface area contributed by atoms with E-state index in [-0.39, 0.29) is 0 Å². The number of hydrogen-bond donors (Lipinski definition) is 0. The summed E-state index contributed by atoms with van der Waals surface area (Å²) in [4.78, 5) is 7.72. The van der Waals surface area contributed by atoms with Crippen LogP contribution in [0.3, 0.4) is 0 Å². The lowest BCUT2D eigenvalue weighted by molar-refractivity contribution is 0.129. The molecule has 23 heavy (non-hydrogen) atoms. The lowest BCUT2D eigenvalue weighted by Gasteiger charge is -2.38. The molecule has 0 unspecified atom stereocenters. The number of hydrogen-bond acceptors (Lipinski definition) is 3. The Kier molecular flexibility index (Phi) is 5.60. The van der Waals surface area contributed by atoms with Gasteiger partial charge in [-0.25, -0.2) is 0 Å². The molecular weight excluding hydrogens is 282 g/mol. The Morgan fingerprint density at radius 1 is 1.00 bits per heavy atom. The topological polar surface area (TPSA) is 9.72 Å². The van der Waals surface area contributed by atoms with Gasteiger partial charge in [0.2, 0.25) is 0 Å². The standard InChI is InChI=1S/C20H33N3/c1-17(2)19-5-4-6-20(15-19)23-9-7-18(8-10-23)16-22-13-11-21(3)12-14-22/h4-6,15,17-18H,7-14,16H2,1-3H3. The first-order valence-corrected chi connectivity index (χ1v) is 9.37. The second kappa shape index (κ2) is 7.67. The van der Waals surface area contributed by atoms with E-state index < -0.39 is 0 Å². The zero-order valence-electron chi connectivity index (χ0n) is 15.2. The van der Waals surface area contributed by atoms with Crippen LogP contribution in [0.1, 0.15) is 38.2 Å². The zero-order valence-corrected chi connectivity index (χ0v) is 15.2. The number of rotatable bonds is 4. The van der Waals surface area contributed by atoms with Crippen LogP contribution in [-0.4, -0.2) is 62.7 Å². The number of benzene rings is 1. The molecule has 2 fully saturated rings. The van der Waals surface area contributed by atoms with Crippen molar-refractivity contribution in [2.45, 2.75) is 32.6 Å². The van der Waals surface area contributed by atoms with Crippen LogP contribution < -0.4 is 4.90 Å². The third-order valence-electron chi connectivity index (χ3n) is 5.63. The van der Waals surface area contributed by atoms with Crippen LogP contribution in [0.5, 0.6) is 0 Å². The van der Waals surface area contributed by atoms with Gasteiger partial charge in [-0.2, -0.15) is 0 Å². The Bertz CT molecular complexity index is 483. The molecule has 1 aromatic rings. The summed E-state index contributed by atoms with van der Waals surface area (Å²) in [5, 5.41) is 0. The molecule has 0 bridgehead atoms. The van der Waals surface area contributed by atoms with Gasteiger partial charge in [-0.15, -0.1) is 0 Å². The molecule has 2 aliphatic heterocycles. The maximum atomic E-state index is 2.68. The van der Waals surface area contributed by atoms with Crippen molar-refractivity contribution in [3.8, 4) is 0 Å². The van der Waals surface area contributed by atoms with Gasteiger partial charge in [0, 0.05) is 51.5 Å². The predicted molar refractivity (Wildman–Crippen MR) is 99.4 cm³/mol. The molecule has 0 aliphatic carbocycles. The van der Waals surface area contributed by atoms with Gasteiger partial charge in [0.15, 0.2) is 0 Å². The molecule has 3 nitrogen and oxygen atoms in total. The maximum Gasteiger partial charge on any atom is 0.0369 e. The third kappa shape index (κ3) is 4.48. The molecule has 0 radical (unpaired) electrons. The van der Waals surface area contributed by atoms with E-state index >= 15 is 0 Å². The van der Waals surface area contributed by atoms with E-state index in [1.54, 1.807) is 0 Å². The van der Waals surface area contributed by atoms with Gasteiger partial charge in [-0.3, -0.25) is 0 Å². The Morgan fingerprint density at radius 2 is 1.70 bits per heavy atom. The summed E-state index contributed by atoms with van der Waals surface area (Å²) in [7, 11) is 2.24. The van der Waals surface area contributed by atoms with Gasteiger partial charge < -0.3 is 14.7 Å². The lowest BCUT2D eigenvalue weighted by atomic mass is 9.95. The van der Waals surface area contributed by atoms with Crippen LogP contribution >= 0.6 is 0 Å². The van der Waals surface area contributed by atoms with Crippen LogP contribution in [0.2, 0.25) is 0 Å². The van der Waals surface area contributed by atoms with Gasteiger partial charge in [-0.1, -0.05) is 26.0 Å². The largest absolute Gasteiger partial charge is 0.372 e. The van der Waals surface area contributed by atoms with Crippen molar-refractivity contribution in [2.24, 2.45) is 5.92 Å². The molecule has 0 atom stereocenters. The fourth-order valence-electron chi connectivity index (χ4n) is 3.85.